The molecule has 4 rings (SSSR count). The zero-order valence-electron chi connectivity index (χ0n) is 19.3. The molecule has 1 saturated heterocycles. The third-order valence-electron chi connectivity index (χ3n) is 6.33. The van der Waals surface area contributed by atoms with Gasteiger partial charge >= 0.3 is 0 Å². The Kier molecular flexibility index (Phi) is 7.77. The van der Waals surface area contributed by atoms with Crippen molar-refractivity contribution in [2.45, 2.75) is 25.8 Å². The Morgan fingerprint density at radius 3 is 2.57 bits per heavy atom. The number of rotatable bonds is 9. The van der Waals surface area contributed by atoms with E-state index in [9.17, 15) is 13.6 Å². The SMILES string of the molecule is NC(=O)c1cnc(Nc2ccc(N3CCC(CCO)CC3)cc2)cc1NCc1cccc(F)c1F. The van der Waals surface area contributed by atoms with Gasteiger partial charge in [-0.05, 0) is 55.5 Å². The minimum Gasteiger partial charge on any atom is -0.396 e. The molecule has 1 aromatic heterocycles. The number of piperidine rings is 1. The van der Waals surface area contributed by atoms with Crippen molar-refractivity contribution in [1.82, 2.24) is 4.98 Å². The highest BCUT2D eigenvalue weighted by Crippen LogP contribution is 2.28. The second kappa shape index (κ2) is 11.1. The van der Waals surface area contributed by atoms with Crippen molar-refractivity contribution in [1.29, 1.82) is 0 Å². The van der Waals surface area contributed by atoms with Crippen molar-refractivity contribution in [2.75, 3.05) is 35.2 Å². The molecule has 184 valence electrons. The van der Waals surface area contributed by atoms with E-state index in [1.165, 1.54) is 18.3 Å². The van der Waals surface area contributed by atoms with Crippen molar-refractivity contribution in [3.63, 3.8) is 0 Å². The summed E-state index contributed by atoms with van der Waals surface area (Å²) in [5.41, 5.74) is 8.04. The third kappa shape index (κ3) is 6.05. The number of amides is 1. The molecule has 35 heavy (non-hydrogen) atoms. The van der Waals surface area contributed by atoms with Crippen LogP contribution in [-0.2, 0) is 6.54 Å². The van der Waals surface area contributed by atoms with E-state index in [0.717, 1.165) is 49.8 Å². The van der Waals surface area contributed by atoms with Crippen LogP contribution in [0.5, 0.6) is 0 Å². The molecule has 1 aliphatic rings. The Morgan fingerprint density at radius 1 is 1.14 bits per heavy atom. The number of halogens is 2. The monoisotopic (exact) mass is 481 g/mol. The molecule has 0 atom stereocenters. The van der Waals surface area contributed by atoms with Crippen LogP contribution in [0.15, 0.2) is 54.7 Å². The van der Waals surface area contributed by atoms with Gasteiger partial charge in [0, 0.05) is 55.4 Å². The first-order valence-electron chi connectivity index (χ1n) is 11.6. The fourth-order valence-electron chi connectivity index (χ4n) is 4.31. The highest BCUT2D eigenvalue weighted by Gasteiger charge is 2.19. The van der Waals surface area contributed by atoms with Gasteiger partial charge in [0.05, 0.1) is 11.3 Å². The van der Waals surface area contributed by atoms with Gasteiger partial charge in [0.2, 0.25) is 0 Å². The number of primary amides is 1. The van der Waals surface area contributed by atoms with E-state index in [4.69, 9.17) is 10.8 Å². The molecule has 5 N–H and O–H groups in total. The zero-order valence-corrected chi connectivity index (χ0v) is 19.3. The van der Waals surface area contributed by atoms with Crippen LogP contribution in [0.4, 0.5) is 31.7 Å². The Balaban J connectivity index is 1.43. The minimum atomic E-state index is -0.939. The van der Waals surface area contributed by atoms with Crippen LogP contribution in [-0.4, -0.2) is 35.7 Å². The summed E-state index contributed by atoms with van der Waals surface area (Å²) in [4.78, 5) is 18.4. The molecule has 2 heterocycles. The Labute approximate surface area is 203 Å². The summed E-state index contributed by atoms with van der Waals surface area (Å²) in [7, 11) is 0. The lowest BCUT2D eigenvalue weighted by atomic mass is 9.93. The number of anilines is 4. The van der Waals surface area contributed by atoms with E-state index in [0.29, 0.717) is 17.4 Å². The van der Waals surface area contributed by atoms with Crippen molar-refractivity contribution >= 4 is 28.8 Å². The number of hydrogen-bond acceptors (Lipinski definition) is 6. The second-order valence-electron chi connectivity index (χ2n) is 8.66. The molecule has 1 amide bonds. The predicted molar refractivity (Wildman–Crippen MR) is 133 cm³/mol. The summed E-state index contributed by atoms with van der Waals surface area (Å²) < 4.78 is 27.5. The lowest BCUT2D eigenvalue weighted by Crippen LogP contribution is -2.33. The molecular weight excluding hydrogens is 452 g/mol. The maximum Gasteiger partial charge on any atom is 0.252 e. The average molecular weight is 482 g/mol. The number of benzene rings is 2. The van der Waals surface area contributed by atoms with Gasteiger partial charge in [-0.15, -0.1) is 0 Å². The van der Waals surface area contributed by atoms with Gasteiger partial charge in [-0.1, -0.05) is 12.1 Å². The van der Waals surface area contributed by atoms with E-state index >= 15 is 0 Å². The third-order valence-corrected chi connectivity index (χ3v) is 6.33. The van der Waals surface area contributed by atoms with Gasteiger partial charge in [0.15, 0.2) is 11.6 Å². The number of carbonyl (C=O) groups excluding carboxylic acids is 1. The minimum absolute atomic E-state index is 0.0307. The van der Waals surface area contributed by atoms with Crippen molar-refractivity contribution in [3.8, 4) is 0 Å². The smallest absolute Gasteiger partial charge is 0.252 e. The van der Waals surface area contributed by atoms with E-state index in [-0.39, 0.29) is 24.3 Å². The predicted octanol–water partition coefficient (Wildman–Crippen LogP) is 4.41. The van der Waals surface area contributed by atoms with Crippen LogP contribution in [0.1, 0.15) is 35.2 Å². The van der Waals surface area contributed by atoms with Crippen LogP contribution in [0, 0.1) is 17.6 Å². The number of aliphatic hydroxyl groups excluding tert-OH is 1. The maximum atomic E-state index is 14.0. The van der Waals surface area contributed by atoms with Crippen LogP contribution in [0.3, 0.4) is 0 Å². The largest absolute Gasteiger partial charge is 0.396 e. The highest BCUT2D eigenvalue weighted by atomic mass is 19.2. The number of aromatic nitrogens is 1. The fraction of sp³-hybridized carbons (Fsp3) is 0.308. The molecule has 7 nitrogen and oxygen atoms in total. The van der Waals surface area contributed by atoms with Gasteiger partial charge in [0.1, 0.15) is 5.82 Å². The molecule has 3 aromatic rings. The number of carbonyl (C=O) groups is 1. The van der Waals surface area contributed by atoms with Crippen molar-refractivity contribution in [3.05, 3.63) is 77.5 Å². The number of nitrogens with one attached hydrogen (secondary N) is 2. The zero-order chi connectivity index (χ0) is 24.8. The molecule has 0 aliphatic carbocycles. The van der Waals surface area contributed by atoms with E-state index in [2.05, 4.69) is 20.5 Å². The summed E-state index contributed by atoms with van der Waals surface area (Å²) >= 11 is 0. The van der Waals surface area contributed by atoms with E-state index in [1.54, 1.807) is 6.07 Å². The van der Waals surface area contributed by atoms with Gasteiger partial charge in [-0.3, -0.25) is 4.79 Å². The standard InChI is InChI=1S/C26H29F2N5O2/c27-22-3-1-2-18(25(22)28)15-30-23-14-24(31-16-21(23)26(29)35)32-19-4-6-20(7-5-19)33-11-8-17(9-12-33)10-13-34/h1-7,14,16-17,34H,8-13,15H2,(H2,29,35)(H2,30,31,32). The van der Waals surface area contributed by atoms with E-state index in [1.807, 2.05) is 24.3 Å². The van der Waals surface area contributed by atoms with E-state index < -0.39 is 17.5 Å². The number of nitrogens with two attached hydrogens (primary N) is 1. The van der Waals surface area contributed by atoms with Crippen molar-refractivity contribution in [2.24, 2.45) is 11.7 Å². The first-order chi connectivity index (χ1) is 16.9. The normalized spacial score (nSPS) is 14.1. The lowest BCUT2D eigenvalue weighted by Gasteiger charge is -2.33. The molecule has 0 unspecified atom stereocenters. The van der Waals surface area contributed by atoms with Gasteiger partial charge < -0.3 is 26.4 Å². The first kappa shape index (κ1) is 24.4. The molecule has 0 spiro atoms. The van der Waals surface area contributed by atoms with Crippen LogP contribution in [0.25, 0.3) is 0 Å². The quantitative estimate of drug-likeness (QED) is 0.361. The lowest BCUT2D eigenvalue weighted by molar-refractivity contribution is 0.100. The Bertz CT molecular complexity index is 1160. The average Bonchev–Trinajstić information content (AvgIpc) is 2.86. The van der Waals surface area contributed by atoms with Crippen LogP contribution >= 0.6 is 0 Å². The number of hydrogen-bond donors (Lipinski definition) is 4. The van der Waals surface area contributed by atoms with Crippen LogP contribution in [0.2, 0.25) is 0 Å². The molecule has 0 saturated carbocycles. The molecular formula is C26H29F2N5O2. The van der Waals surface area contributed by atoms with Gasteiger partial charge in [-0.2, -0.15) is 0 Å². The summed E-state index contributed by atoms with van der Waals surface area (Å²) in [6, 6.07) is 13.5. The Morgan fingerprint density at radius 2 is 1.89 bits per heavy atom. The maximum absolute atomic E-state index is 14.0. The summed E-state index contributed by atoms with van der Waals surface area (Å²) in [5, 5.41) is 15.3. The summed E-state index contributed by atoms with van der Waals surface area (Å²) in [5.74, 6) is -1.50. The summed E-state index contributed by atoms with van der Waals surface area (Å²) in [6.45, 7) is 2.15. The molecule has 1 fully saturated rings. The molecule has 0 radical (unpaired) electrons. The summed E-state index contributed by atoms with van der Waals surface area (Å²) in [6.07, 6.45) is 4.37. The van der Waals surface area contributed by atoms with Crippen LogP contribution < -0.4 is 21.3 Å². The Hall–Kier alpha value is -3.72. The molecule has 0 bridgehead atoms. The second-order valence-corrected chi connectivity index (χ2v) is 8.66. The number of aliphatic hydroxyl groups is 1. The molecule has 9 heteroatoms. The van der Waals surface area contributed by atoms with Crippen molar-refractivity contribution < 1.29 is 18.7 Å². The topological polar surface area (TPSA) is 104 Å². The highest BCUT2D eigenvalue weighted by molar-refractivity contribution is 5.98. The number of nitrogens with zero attached hydrogens (tertiary/aromatic N) is 2. The fourth-order valence-corrected chi connectivity index (χ4v) is 4.31. The number of pyridine rings is 1. The van der Waals surface area contributed by atoms with Gasteiger partial charge in [-0.25, -0.2) is 13.8 Å². The van der Waals surface area contributed by atoms with Gasteiger partial charge in [0.25, 0.3) is 5.91 Å². The first-order valence-corrected chi connectivity index (χ1v) is 11.6. The molecule has 2 aromatic carbocycles. The molecule has 1 aliphatic heterocycles.